The predicted molar refractivity (Wildman–Crippen MR) is 74.5 cm³/mol. The van der Waals surface area contributed by atoms with Gasteiger partial charge in [0.1, 0.15) is 6.29 Å². The van der Waals surface area contributed by atoms with Gasteiger partial charge in [0.15, 0.2) is 0 Å². The molecule has 4 nitrogen and oxygen atoms in total. The van der Waals surface area contributed by atoms with Crippen LogP contribution in [0.5, 0.6) is 0 Å². The van der Waals surface area contributed by atoms with Crippen LogP contribution >= 0.6 is 0 Å². The van der Waals surface area contributed by atoms with E-state index in [1.165, 1.54) is 19.3 Å². The van der Waals surface area contributed by atoms with Gasteiger partial charge in [-0.15, -0.1) is 0 Å². The van der Waals surface area contributed by atoms with Gasteiger partial charge >= 0.3 is 0 Å². The third-order valence-electron chi connectivity index (χ3n) is 3.47. The summed E-state index contributed by atoms with van der Waals surface area (Å²) in [5, 5.41) is 2.91. The van der Waals surface area contributed by atoms with Crippen molar-refractivity contribution in [2.45, 2.75) is 19.3 Å². The van der Waals surface area contributed by atoms with E-state index < -0.39 is 0 Å². The van der Waals surface area contributed by atoms with Crippen LogP contribution in [0.4, 0.5) is 0 Å². The molecule has 102 valence electrons. The fourth-order valence-electron chi connectivity index (χ4n) is 2.33. The van der Waals surface area contributed by atoms with E-state index in [9.17, 15) is 9.59 Å². The van der Waals surface area contributed by atoms with Gasteiger partial charge in [0.2, 0.25) is 0 Å². The SMILES string of the molecule is O=Cc1ccc(C(=O)NCCN2CCCCC2)cc1. The van der Waals surface area contributed by atoms with E-state index in [1.807, 2.05) is 0 Å². The maximum Gasteiger partial charge on any atom is 0.251 e. The Morgan fingerprint density at radius 1 is 1.16 bits per heavy atom. The average molecular weight is 260 g/mol. The Kier molecular flexibility index (Phi) is 5.10. The Balaban J connectivity index is 1.75. The second-order valence-electron chi connectivity index (χ2n) is 4.90. The molecule has 1 saturated heterocycles. The summed E-state index contributed by atoms with van der Waals surface area (Å²) in [5.41, 5.74) is 1.19. The highest BCUT2D eigenvalue weighted by atomic mass is 16.1. The van der Waals surface area contributed by atoms with Gasteiger partial charge in [-0.3, -0.25) is 9.59 Å². The van der Waals surface area contributed by atoms with E-state index in [1.54, 1.807) is 24.3 Å². The summed E-state index contributed by atoms with van der Waals surface area (Å²) in [4.78, 5) is 24.8. The molecule has 1 aromatic carbocycles. The summed E-state index contributed by atoms with van der Waals surface area (Å²) in [7, 11) is 0. The number of aldehydes is 1. The number of benzene rings is 1. The number of carbonyl (C=O) groups is 2. The monoisotopic (exact) mass is 260 g/mol. The lowest BCUT2D eigenvalue weighted by Crippen LogP contribution is -2.37. The van der Waals surface area contributed by atoms with Crippen LogP contribution < -0.4 is 5.32 Å². The Labute approximate surface area is 113 Å². The van der Waals surface area contributed by atoms with Crippen molar-refractivity contribution < 1.29 is 9.59 Å². The van der Waals surface area contributed by atoms with Gasteiger partial charge in [0, 0.05) is 24.2 Å². The lowest BCUT2D eigenvalue weighted by Gasteiger charge is -2.26. The summed E-state index contributed by atoms with van der Waals surface area (Å²) in [6, 6.07) is 6.68. The maximum atomic E-state index is 11.9. The Bertz CT molecular complexity index is 422. The number of amides is 1. The number of nitrogens with one attached hydrogen (secondary N) is 1. The molecule has 0 aliphatic carbocycles. The standard InChI is InChI=1S/C15H20N2O2/c18-12-13-4-6-14(7-5-13)15(19)16-8-11-17-9-2-1-3-10-17/h4-7,12H,1-3,8-11H2,(H,16,19). The van der Waals surface area contributed by atoms with Crippen LogP contribution in [0.3, 0.4) is 0 Å². The van der Waals surface area contributed by atoms with Gasteiger partial charge in [-0.25, -0.2) is 0 Å². The van der Waals surface area contributed by atoms with Crippen molar-refractivity contribution in [3.63, 3.8) is 0 Å². The fraction of sp³-hybridized carbons (Fsp3) is 0.467. The molecule has 1 amide bonds. The van der Waals surface area contributed by atoms with Gasteiger partial charge in [-0.2, -0.15) is 0 Å². The number of nitrogens with zero attached hydrogens (tertiary/aromatic N) is 1. The third-order valence-corrected chi connectivity index (χ3v) is 3.47. The van der Waals surface area contributed by atoms with E-state index >= 15 is 0 Å². The molecule has 0 unspecified atom stereocenters. The van der Waals surface area contributed by atoms with Gasteiger partial charge in [-0.1, -0.05) is 18.6 Å². The van der Waals surface area contributed by atoms with Gasteiger partial charge in [-0.05, 0) is 38.1 Å². The first-order valence-corrected chi connectivity index (χ1v) is 6.85. The number of piperidine rings is 1. The quantitative estimate of drug-likeness (QED) is 0.820. The molecule has 1 heterocycles. The predicted octanol–water partition coefficient (Wildman–Crippen LogP) is 1.71. The molecule has 1 aromatic rings. The maximum absolute atomic E-state index is 11.9. The Morgan fingerprint density at radius 3 is 2.47 bits per heavy atom. The smallest absolute Gasteiger partial charge is 0.251 e. The van der Waals surface area contributed by atoms with E-state index in [4.69, 9.17) is 0 Å². The van der Waals surface area contributed by atoms with Crippen molar-refractivity contribution in [3.05, 3.63) is 35.4 Å². The number of rotatable bonds is 5. The van der Waals surface area contributed by atoms with E-state index in [-0.39, 0.29) is 5.91 Å². The van der Waals surface area contributed by atoms with Gasteiger partial charge in [0.05, 0.1) is 0 Å². The first-order valence-electron chi connectivity index (χ1n) is 6.85. The normalized spacial score (nSPS) is 16.0. The second-order valence-corrected chi connectivity index (χ2v) is 4.90. The lowest BCUT2D eigenvalue weighted by molar-refractivity contribution is 0.0946. The third kappa shape index (κ3) is 4.17. The fourth-order valence-corrected chi connectivity index (χ4v) is 2.33. The van der Waals surface area contributed by atoms with E-state index in [0.717, 1.165) is 25.9 Å². The molecule has 19 heavy (non-hydrogen) atoms. The van der Waals surface area contributed by atoms with Crippen LogP contribution in [0, 0.1) is 0 Å². The summed E-state index contributed by atoms with van der Waals surface area (Å²) < 4.78 is 0. The van der Waals surface area contributed by atoms with Crippen LogP contribution in [0.1, 0.15) is 40.0 Å². The molecule has 0 saturated carbocycles. The van der Waals surface area contributed by atoms with E-state index in [2.05, 4.69) is 10.2 Å². The van der Waals surface area contributed by atoms with Crippen molar-refractivity contribution in [1.82, 2.24) is 10.2 Å². The Morgan fingerprint density at radius 2 is 1.84 bits per heavy atom. The summed E-state index contributed by atoms with van der Waals surface area (Å²) in [6.45, 7) is 3.88. The highest BCUT2D eigenvalue weighted by Crippen LogP contribution is 2.07. The zero-order valence-corrected chi connectivity index (χ0v) is 11.1. The summed E-state index contributed by atoms with van der Waals surface area (Å²) >= 11 is 0. The average Bonchev–Trinajstić information content (AvgIpc) is 2.48. The lowest BCUT2D eigenvalue weighted by atomic mass is 10.1. The summed E-state index contributed by atoms with van der Waals surface area (Å²) in [5.74, 6) is -0.0746. The van der Waals surface area contributed by atoms with Crippen molar-refractivity contribution in [1.29, 1.82) is 0 Å². The molecular formula is C15H20N2O2. The van der Waals surface area contributed by atoms with Crippen molar-refractivity contribution in [2.75, 3.05) is 26.2 Å². The molecular weight excluding hydrogens is 240 g/mol. The summed E-state index contributed by atoms with van der Waals surface area (Å²) in [6.07, 6.45) is 4.63. The molecule has 1 N–H and O–H groups in total. The van der Waals surface area contributed by atoms with Gasteiger partial charge in [0.25, 0.3) is 5.91 Å². The zero-order valence-electron chi connectivity index (χ0n) is 11.1. The van der Waals surface area contributed by atoms with Crippen molar-refractivity contribution in [3.8, 4) is 0 Å². The van der Waals surface area contributed by atoms with Crippen LogP contribution in [0.25, 0.3) is 0 Å². The second kappa shape index (κ2) is 7.04. The highest BCUT2D eigenvalue weighted by Gasteiger charge is 2.10. The molecule has 0 bridgehead atoms. The molecule has 0 atom stereocenters. The molecule has 0 spiro atoms. The van der Waals surface area contributed by atoms with E-state index in [0.29, 0.717) is 17.7 Å². The number of carbonyl (C=O) groups excluding carboxylic acids is 2. The molecule has 0 aromatic heterocycles. The number of hydrogen-bond donors (Lipinski definition) is 1. The molecule has 0 radical (unpaired) electrons. The van der Waals surface area contributed by atoms with Crippen LogP contribution in [0.2, 0.25) is 0 Å². The first-order chi connectivity index (χ1) is 9.29. The number of likely N-dealkylation sites (tertiary alicyclic amines) is 1. The zero-order chi connectivity index (χ0) is 13.5. The minimum atomic E-state index is -0.0746. The minimum absolute atomic E-state index is 0.0746. The van der Waals surface area contributed by atoms with Crippen LogP contribution in [-0.2, 0) is 0 Å². The molecule has 1 aliphatic heterocycles. The van der Waals surface area contributed by atoms with Gasteiger partial charge < -0.3 is 10.2 Å². The Hall–Kier alpha value is -1.68. The molecule has 1 aliphatic rings. The molecule has 2 rings (SSSR count). The largest absolute Gasteiger partial charge is 0.351 e. The molecule has 4 heteroatoms. The van der Waals surface area contributed by atoms with Crippen LogP contribution in [0.15, 0.2) is 24.3 Å². The number of hydrogen-bond acceptors (Lipinski definition) is 3. The minimum Gasteiger partial charge on any atom is -0.351 e. The first kappa shape index (κ1) is 13.7. The topological polar surface area (TPSA) is 49.4 Å². The van der Waals surface area contributed by atoms with Crippen molar-refractivity contribution >= 4 is 12.2 Å². The molecule has 1 fully saturated rings. The van der Waals surface area contributed by atoms with Crippen molar-refractivity contribution in [2.24, 2.45) is 0 Å². The van der Waals surface area contributed by atoms with Crippen LogP contribution in [-0.4, -0.2) is 43.3 Å². The highest BCUT2D eigenvalue weighted by molar-refractivity contribution is 5.94.